The van der Waals surface area contributed by atoms with E-state index in [1.54, 1.807) is 36.4 Å². The van der Waals surface area contributed by atoms with Crippen molar-refractivity contribution in [3.05, 3.63) is 64.7 Å². The molecule has 1 N–H and O–H groups in total. The normalized spacial score (nSPS) is 15.8. The maximum atomic E-state index is 12.4. The number of hydroxylamine groups is 2. The second kappa shape index (κ2) is 6.51. The molecular weight excluding hydrogens is 366 g/mol. The number of imide groups is 1. The molecule has 1 aliphatic heterocycles. The van der Waals surface area contributed by atoms with Crippen molar-refractivity contribution in [2.24, 2.45) is 0 Å². The Balaban J connectivity index is 1.87. The summed E-state index contributed by atoms with van der Waals surface area (Å²) in [6.07, 6.45) is 0. The first-order valence-corrected chi connectivity index (χ1v) is 8.36. The SMILES string of the molecule is CC(ON1C(=O)c2ccccc2C1=O)(Sc1ccc(Cl)cc1)C(=O)O. The van der Waals surface area contributed by atoms with Crippen molar-refractivity contribution in [1.29, 1.82) is 0 Å². The van der Waals surface area contributed by atoms with Gasteiger partial charge in [-0.3, -0.25) is 9.59 Å². The summed E-state index contributed by atoms with van der Waals surface area (Å²) in [5.41, 5.74) is 0.355. The number of carboxylic acid groups (broad SMARTS) is 1. The Morgan fingerprint density at radius 2 is 1.60 bits per heavy atom. The van der Waals surface area contributed by atoms with E-state index in [1.807, 2.05) is 0 Å². The zero-order valence-corrected chi connectivity index (χ0v) is 14.5. The summed E-state index contributed by atoms with van der Waals surface area (Å²) >= 11 is 6.67. The van der Waals surface area contributed by atoms with Crippen LogP contribution in [0.3, 0.4) is 0 Å². The summed E-state index contributed by atoms with van der Waals surface area (Å²) in [6, 6.07) is 12.7. The minimum atomic E-state index is -1.89. The van der Waals surface area contributed by atoms with Crippen LogP contribution in [0.2, 0.25) is 5.02 Å². The first-order chi connectivity index (χ1) is 11.8. The van der Waals surface area contributed by atoms with Crippen LogP contribution in [0.1, 0.15) is 27.6 Å². The fourth-order valence-corrected chi connectivity index (χ4v) is 3.30. The number of amides is 2. The van der Waals surface area contributed by atoms with Crippen LogP contribution in [0.25, 0.3) is 0 Å². The minimum absolute atomic E-state index is 0.178. The largest absolute Gasteiger partial charge is 0.478 e. The van der Waals surface area contributed by atoms with Gasteiger partial charge >= 0.3 is 5.97 Å². The van der Waals surface area contributed by atoms with Crippen LogP contribution in [-0.2, 0) is 9.63 Å². The van der Waals surface area contributed by atoms with Gasteiger partial charge in [0, 0.05) is 9.92 Å². The lowest BCUT2D eigenvalue weighted by Crippen LogP contribution is -2.44. The van der Waals surface area contributed by atoms with E-state index in [-0.39, 0.29) is 11.1 Å². The van der Waals surface area contributed by atoms with Gasteiger partial charge in [-0.05, 0) is 43.3 Å². The third kappa shape index (κ3) is 3.26. The van der Waals surface area contributed by atoms with Crippen LogP contribution in [-0.4, -0.2) is 32.9 Å². The molecule has 25 heavy (non-hydrogen) atoms. The number of carboxylic acids is 1. The van der Waals surface area contributed by atoms with Gasteiger partial charge < -0.3 is 5.11 Å². The molecule has 1 heterocycles. The van der Waals surface area contributed by atoms with Crippen LogP contribution in [0.5, 0.6) is 0 Å². The van der Waals surface area contributed by atoms with E-state index in [4.69, 9.17) is 16.4 Å². The molecule has 3 rings (SSSR count). The van der Waals surface area contributed by atoms with Crippen molar-refractivity contribution in [2.45, 2.75) is 16.8 Å². The van der Waals surface area contributed by atoms with Gasteiger partial charge in [-0.15, -0.1) is 5.06 Å². The molecule has 1 aliphatic rings. The van der Waals surface area contributed by atoms with E-state index < -0.39 is 22.7 Å². The summed E-state index contributed by atoms with van der Waals surface area (Å²) in [5, 5.41) is 10.6. The number of fused-ring (bicyclic) bond motifs is 1. The molecule has 0 spiro atoms. The fourth-order valence-electron chi connectivity index (χ4n) is 2.25. The van der Waals surface area contributed by atoms with Gasteiger partial charge in [0.25, 0.3) is 11.8 Å². The van der Waals surface area contributed by atoms with Crippen molar-refractivity contribution in [1.82, 2.24) is 5.06 Å². The van der Waals surface area contributed by atoms with Gasteiger partial charge in [0.05, 0.1) is 11.1 Å². The molecule has 2 amide bonds. The van der Waals surface area contributed by atoms with Gasteiger partial charge in [0.1, 0.15) is 0 Å². The van der Waals surface area contributed by atoms with Crippen LogP contribution in [0.15, 0.2) is 53.4 Å². The van der Waals surface area contributed by atoms with Gasteiger partial charge in [-0.25, -0.2) is 9.63 Å². The molecular formula is C17H12ClNO5S. The summed E-state index contributed by atoms with van der Waals surface area (Å²) in [5.74, 6) is -2.71. The highest BCUT2D eigenvalue weighted by molar-refractivity contribution is 8.01. The number of thioether (sulfide) groups is 1. The van der Waals surface area contributed by atoms with Crippen molar-refractivity contribution < 1.29 is 24.3 Å². The Labute approximate surface area is 152 Å². The molecule has 0 saturated heterocycles. The molecule has 1 unspecified atom stereocenters. The van der Waals surface area contributed by atoms with Crippen LogP contribution in [0, 0.1) is 0 Å². The quantitative estimate of drug-likeness (QED) is 0.488. The summed E-state index contributed by atoms with van der Waals surface area (Å²) in [6.45, 7) is 1.28. The molecule has 0 aliphatic carbocycles. The number of hydrogen-bond donors (Lipinski definition) is 1. The molecule has 6 nitrogen and oxygen atoms in total. The van der Waals surface area contributed by atoms with Crippen molar-refractivity contribution in [3.63, 3.8) is 0 Å². The number of rotatable bonds is 5. The smallest absolute Gasteiger partial charge is 0.349 e. The number of benzene rings is 2. The lowest BCUT2D eigenvalue weighted by atomic mass is 10.1. The third-order valence-electron chi connectivity index (χ3n) is 3.54. The minimum Gasteiger partial charge on any atom is -0.478 e. The zero-order chi connectivity index (χ0) is 18.2. The second-order valence-electron chi connectivity index (χ2n) is 5.35. The molecule has 0 saturated carbocycles. The summed E-state index contributed by atoms with van der Waals surface area (Å²) in [4.78, 5) is 40.5. The molecule has 0 radical (unpaired) electrons. The molecule has 0 aromatic heterocycles. The number of carbonyl (C=O) groups excluding carboxylic acids is 2. The molecule has 1 atom stereocenters. The Morgan fingerprint density at radius 3 is 2.08 bits per heavy atom. The van der Waals surface area contributed by atoms with E-state index in [2.05, 4.69) is 0 Å². The van der Waals surface area contributed by atoms with E-state index in [0.29, 0.717) is 15.0 Å². The average Bonchev–Trinajstić information content (AvgIpc) is 2.82. The third-order valence-corrected chi connectivity index (χ3v) is 4.94. The van der Waals surface area contributed by atoms with Crippen molar-refractivity contribution in [2.75, 3.05) is 0 Å². The van der Waals surface area contributed by atoms with Gasteiger partial charge in [0.15, 0.2) is 0 Å². The molecule has 128 valence electrons. The van der Waals surface area contributed by atoms with E-state index in [9.17, 15) is 19.5 Å². The lowest BCUT2D eigenvalue weighted by molar-refractivity contribution is -0.179. The molecule has 0 bridgehead atoms. The zero-order valence-electron chi connectivity index (χ0n) is 12.9. The highest BCUT2D eigenvalue weighted by Crippen LogP contribution is 2.37. The highest BCUT2D eigenvalue weighted by atomic mass is 35.5. The number of halogens is 1. The predicted molar refractivity (Wildman–Crippen MR) is 91.4 cm³/mol. The van der Waals surface area contributed by atoms with Gasteiger partial charge in [0.2, 0.25) is 4.93 Å². The predicted octanol–water partition coefficient (Wildman–Crippen LogP) is 3.46. The molecule has 2 aromatic rings. The first kappa shape index (κ1) is 17.5. The Kier molecular flexibility index (Phi) is 4.55. The van der Waals surface area contributed by atoms with E-state index in [1.165, 1.54) is 19.1 Å². The van der Waals surface area contributed by atoms with Crippen LogP contribution < -0.4 is 0 Å². The monoisotopic (exact) mass is 377 g/mol. The topological polar surface area (TPSA) is 83.9 Å². The van der Waals surface area contributed by atoms with E-state index >= 15 is 0 Å². The lowest BCUT2D eigenvalue weighted by Gasteiger charge is -2.27. The fraction of sp³-hybridized carbons (Fsp3) is 0.118. The number of hydrogen-bond acceptors (Lipinski definition) is 5. The maximum Gasteiger partial charge on any atom is 0.349 e. The molecule has 2 aromatic carbocycles. The van der Waals surface area contributed by atoms with Crippen LogP contribution >= 0.6 is 23.4 Å². The Bertz CT molecular complexity index is 835. The molecule has 8 heteroatoms. The molecule has 0 fully saturated rings. The first-order valence-electron chi connectivity index (χ1n) is 7.17. The highest BCUT2D eigenvalue weighted by Gasteiger charge is 2.45. The second-order valence-corrected chi connectivity index (χ2v) is 7.24. The van der Waals surface area contributed by atoms with Gasteiger partial charge in [-0.1, -0.05) is 35.5 Å². The summed E-state index contributed by atoms with van der Waals surface area (Å²) in [7, 11) is 0. The number of carbonyl (C=O) groups is 3. The average molecular weight is 378 g/mol. The van der Waals surface area contributed by atoms with Crippen LogP contribution in [0.4, 0.5) is 0 Å². The van der Waals surface area contributed by atoms with Crippen molar-refractivity contribution >= 4 is 41.1 Å². The Hall–Kier alpha value is -2.35. The maximum absolute atomic E-state index is 12.4. The van der Waals surface area contributed by atoms with Crippen molar-refractivity contribution in [3.8, 4) is 0 Å². The standard InChI is InChI=1S/C17H12ClNO5S/c1-17(16(22)23,25-11-8-6-10(18)7-9-11)24-19-14(20)12-4-2-3-5-13(12)15(19)21/h2-9H,1H3,(H,22,23). The van der Waals surface area contributed by atoms with Gasteiger partial charge in [-0.2, -0.15) is 0 Å². The van der Waals surface area contributed by atoms with E-state index in [0.717, 1.165) is 11.8 Å². The Morgan fingerprint density at radius 1 is 1.08 bits per heavy atom. The number of aliphatic carboxylic acids is 1. The summed E-state index contributed by atoms with van der Waals surface area (Å²) < 4.78 is 0. The number of nitrogens with zero attached hydrogens (tertiary/aromatic N) is 1.